The molecule has 32 heavy (non-hydrogen) atoms. The molecule has 0 bridgehead atoms. The van der Waals surface area contributed by atoms with Gasteiger partial charge in [-0.3, -0.25) is 13.8 Å². The summed E-state index contributed by atoms with van der Waals surface area (Å²) >= 11 is 0. The standard InChI is InChI=1S/C22H26N4O5S/c1-32(30)22-24-19(23)18-20(25-22)31-11-10-26(21(18)29)16-8-6-15(7-9-16)14-4-2-13(3-5-14)12-17(27)28/h6-9,13-14H,2-5,10-12H2,1H3,(H,27,28)(H2,23,24,25). The van der Waals surface area contributed by atoms with Crippen molar-refractivity contribution in [1.29, 1.82) is 0 Å². The number of anilines is 2. The maximum absolute atomic E-state index is 13.2. The van der Waals surface area contributed by atoms with Crippen LogP contribution in [0.3, 0.4) is 0 Å². The highest BCUT2D eigenvalue weighted by Gasteiger charge is 2.30. The van der Waals surface area contributed by atoms with E-state index in [0.29, 0.717) is 12.5 Å². The molecule has 1 aromatic carbocycles. The van der Waals surface area contributed by atoms with Crippen LogP contribution in [0, 0.1) is 5.92 Å². The molecular formula is C22H26N4O5S. The number of carboxylic acid groups (broad SMARTS) is 1. The lowest BCUT2D eigenvalue weighted by molar-refractivity contribution is -0.138. The lowest BCUT2D eigenvalue weighted by atomic mass is 9.77. The van der Waals surface area contributed by atoms with Crippen LogP contribution in [0.4, 0.5) is 11.5 Å². The van der Waals surface area contributed by atoms with E-state index in [1.807, 2.05) is 24.3 Å². The average molecular weight is 459 g/mol. The number of fused-ring (bicyclic) bond motifs is 1. The van der Waals surface area contributed by atoms with Crippen LogP contribution in [0.2, 0.25) is 0 Å². The predicted molar refractivity (Wildman–Crippen MR) is 119 cm³/mol. The van der Waals surface area contributed by atoms with E-state index in [-0.39, 0.29) is 47.3 Å². The van der Waals surface area contributed by atoms with Gasteiger partial charge in [0, 0.05) is 18.4 Å². The summed E-state index contributed by atoms with van der Waals surface area (Å²) in [5.74, 6) is -0.413. The third-order valence-corrected chi connectivity index (χ3v) is 6.84. The van der Waals surface area contributed by atoms with Crippen LogP contribution in [0.15, 0.2) is 29.4 Å². The fourth-order valence-electron chi connectivity index (χ4n) is 4.46. The van der Waals surface area contributed by atoms with Crippen molar-refractivity contribution in [3.8, 4) is 5.88 Å². The average Bonchev–Trinajstić information content (AvgIpc) is 2.93. The van der Waals surface area contributed by atoms with Gasteiger partial charge in [0.15, 0.2) is 0 Å². The zero-order chi connectivity index (χ0) is 22.8. The fourth-order valence-corrected chi connectivity index (χ4v) is 4.90. The van der Waals surface area contributed by atoms with Gasteiger partial charge in [-0.2, -0.15) is 4.98 Å². The van der Waals surface area contributed by atoms with Crippen LogP contribution < -0.4 is 15.4 Å². The molecule has 1 unspecified atom stereocenters. The van der Waals surface area contributed by atoms with E-state index in [1.54, 1.807) is 4.90 Å². The van der Waals surface area contributed by atoms with Crippen molar-refractivity contribution in [3.63, 3.8) is 0 Å². The first-order valence-electron chi connectivity index (χ1n) is 10.6. The number of carboxylic acids is 1. The number of carbonyl (C=O) groups excluding carboxylic acids is 1. The molecule has 0 spiro atoms. The van der Waals surface area contributed by atoms with Gasteiger partial charge in [-0.15, -0.1) is 0 Å². The van der Waals surface area contributed by atoms with Gasteiger partial charge in [0.25, 0.3) is 5.91 Å². The number of nitrogens with zero attached hydrogens (tertiary/aromatic N) is 3. The Hall–Kier alpha value is -3.01. The van der Waals surface area contributed by atoms with Crippen LogP contribution >= 0.6 is 0 Å². The van der Waals surface area contributed by atoms with Gasteiger partial charge in [-0.25, -0.2) is 4.98 Å². The second-order valence-electron chi connectivity index (χ2n) is 8.24. The number of nitrogen functional groups attached to an aromatic ring is 1. The van der Waals surface area contributed by atoms with Crippen LogP contribution in [0.25, 0.3) is 0 Å². The first kappa shape index (κ1) is 22.2. The van der Waals surface area contributed by atoms with Crippen LogP contribution in [-0.4, -0.2) is 50.6 Å². The maximum Gasteiger partial charge on any atom is 0.303 e. The summed E-state index contributed by atoms with van der Waals surface area (Å²) in [6, 6.07) is 7.88. The third-order valence-electron chi connectivity index (χ3n) is 6.14. The number of nitrogens with two attached hydrogens (primary N) is 1. The normalized spacial score (nSPS) is 21.9. The molecule has 1 amide bonds. The smallest absolute Gasteiger partial charge is 0.303 e. The maximum atomic E-state index is 13.2. The van der Waals surface area contributed by atoms with Crippen molar-refractivity contribution in [2.45, 2.75) is 43.2 Å². The molecule has 9 nitrogen and oxygen atoms in total. The Labute approximate surface area is 188 Å². The summed E-state index contributed by atoms with van der Waals surface area (Å²) in [5, 5.41) is 9.02. The molecule has 1 aliphatic carbocycles. The minimum atomic E-state index is -1.45. The Kier molecular flexibility index (Phi) is 6.40. The van der Waals surface area contributed by atoms with Gasteiger partial charge in [-0.05, 0) is 55.2 Å². The lowest BCUT2D eigenvalue weighted by Gasteiger charge is -2.28. The summed E-state index contributed by atoms with van der Waals surface area (Å²) in [5.41, 5.74) is 7.99. The molecular weight excluding hydrogens is 432 g/mol. The van der Waals surface area contributed by atoms with Crippen molar-refractivity contribution in [2.75, 3.05) is 30.0 Å². The Balaban J connectivity index is 1.50. The minimum absolute atomic E-state index is 0.0323. The van der Waals surface area contributed by atoms with Crippen LogP contribution in [-0.2, 0) is 15.6 Å². The Morgan fingerprint density at radius 1 is 1.22 bits per heavy atom. The molecule has 10 heteroatoms. The molecule has 2 aromatic rings. The lowest BCUT2D eigenvalue weighted by Crippen LogP contribution is -2.32. The van der Waals surface area contributed by atoms with Gasteiger partial charge in [-0.1, -0.05) is 12.1 Å². The summed E-state index contributed by atoms with van der Waals surface area (Å²) in [6.07, 6.45) is 5.45. The van der Waals surface area contributed by atoms with Crippen molar-refractivity contribution in [3.05, 3.63) is 35.4 Å². The Bertz CT molecular complexity index is 1050. The molecule has 1 saturated carbocycles. The molecule has 1 fully saturated rings. The number of aliphatic carboxylic acids is 1. The largest absolute Gasteiger partial charge is 0.481 e. The van der Waals surface area contributed by atoms with Crippen molar-refractivity contribution in [2.24, 2.45) is 5.92 Å². The number of hydrogen-bond donors (Lipinski definition) is 2. The van der Waals surface area contributed by atoms with Crippen molar-refractivity contribution < 1.29 is 23.6 Å². The molecule has 1 aliphatic heterocycles. The topological polar surface area (TPSA) is 136 Å². The molecule has 2 heterocycles. The number of hydrogen-bond acceptors (Lipinski definition) is 7. The number of amides is 1. The molecule has 4 rings (SSSR count). The minimum Gasteiger partial charge on any atom is -0.481 e. The summed E-state index contributed by atoms with van der Waals surface area (Å²) in [7, 11) is -1.45. The van der Waals surface area contributed by atoms with E-state index in [2.05, 4.69) is 9.97 Å². The second kappa shape index (κ2) is 9.23. The zero-order valence-electron chi connectivity index (χ0n) is 17.8. The van der Waals surface area contributed by atoms with Crippen molar-refractivity contribution >= 4 is 34.2 Å². The molecule has 0 radical (unpaired) electrons. The molecule has 170 valence electrons. The number of aromatic nitrogens is 2. The molecule has 1 atom stereocenters. The molecule has 0 saturated heterocycles. The quantitative estimate of drug-likeness (QED) is 0.653. The van der Waals surface area contributed by atoms with Crippen LogP contribution in [0.5, 0.6) is 5.88 Å². The van der Waals surface area contributed by atoms with E-state index in [1.165, 1.54) is 11.8 Å². The first-order chi connectivity index (χ1) is 15.3. The number of carbonyl (C=O) groups is 2. The summed E-state index contributed by atoms with van der Waals surface area (Å²) < 4.78 is 17.3. The highest BCUT2D eigenvalue weighted by molar-refractivity contribution is 7.84. The highest BCUT2D eigenvalue weighted by Crippen LogP contribution is 2.38. The van der Waals surface area contributed by atoms with Gasteiger partial charge in [0.2, 0.25) is 11.0 Å². The van der Waals surface area contributed by atoms with E-state index in [4.69, 9.17) is 15.6 Å². The Morgan fingerprint density at radius 2 is 1.91 bits per heavy atom. The second-order valence-corrected chi connectivity index (χ2v) is 9.51. The van der Waals surface area contributed by atoms with E-state index in [9.17, 15) is 13.8 Å². The third kappa shape index (κ3) is 4.59. The van der Waals surface area contributed by atoms with E-state index in [0.717, 1.165) is 31.4 Å². The van der Waals surface area contributed by atoms with Gasteiger partial charge < -0.3 is 20.5 Å². The number of ether oxygens (including phenoxy) is 1. The SMILES string of the molecule is CS(=O)c1nc(N)c2c(n1)OCCN(c1ccc(C3CCC(CC(=O)O)CC3)cc1)C2=O. The van der Waals surface area contributed by atoms with Crippen LogP contribution in [0.1, 0.15) is 53.9 Å². The zero-order valence-corrected chi connectivity index (χ0v) is 18.6. The van der Waals surface area contributed by atoms with E-state index >= 15 is 0 Å². The summed E-state index contributed by atoms with van der Waals surface area (Å²) in [6.45, 7) is 0.541. The number of benzene rings is 1. The monoisotopic (exact) mass is 458 g/mol. The Morgan fingerprint density at radius 3 is 2.53 bits per heavy atom. The van der Waals surface area contributed by atoms with Gasteiger partial charge in [0.05, 0.1) is 17.3 Å². The molecule has 2 aliphatic rings. The molecule has 3 N–H and O–H groups in total. The first-order valence-corrected chi connectivity index (χ1v) is 12.2. The van der Waals surface area contributed by atoms with E-state index < -0.39 is 16.8 Å². The van der Waals surface area contributed by atoms with Crippen molar-refractivity contribution in [1.82, 2.24) is 9.97 Å². The van der Waals surface area contributed by atoms with Gasteiger partial charge in [0.1, 0.15) is 18.0 Å². The highest BCUT2D eigenvalue weighted by atomic mass is 32.2. The fraction of sp³-hybridized carbons (Fsp3) is 0.455. The summed E-state index contributed by atoms with van der Waals surface area (Å²) in [4.78, 5) is 33.9. The predicted octanol–water partition coefficient (Wildman–Crippen LogP) is 2.58. The number of rotatable bonds is 5. The molecule has 1 aromatic heterocycles. The van der Waals surface area contributed by atoms with Gasteiger partial charge >= 0.3 is 5.97 Å².